The molecule has 29 heavy (non-hydrogen) atoms. The number of hydrogen-bond donors (Lipinski definition) is 2. The van der Waals surface area contributed by atoms with Crippen molar-refractivity contribution in [1.82, 2.24) is 5.32 Å². The van der Waals surface area contributed by atoms with Crippen LogP contribution in [0.1, 0.15) is 30.1 Å². The minimum Gasteiger partial charge on any atom is -0.352 e. The Morgan fingerprint density at radius 1 is 1.07 bits per heavy atom. The van der Waals surface area contributed by atoms with Crippen molar-refractivity contribution in [3.05, 3.63) is 59.1 Å². The van der Waals surface area contributed by atoms with Crippen LogP contribution in [0, 0.1) is 0 Å². The second-order valence-corrected chi connectivity index (χ2v) is 8.79. The number of sulfonamides is 1. The Labute approximate surface area is 176 Å². The number of carbonyl (C=O) groups is 2. The Balaban J connectivity index is 2.17. The molecule has 2 amide bonds. The minimum absolute atomic E-state index is 0.299. The van der Waals surface area contributed by atoms with E-state index in [1.54, 1.807) is 36.4 Å². The lowest BCUT2D eigenvalue weighted by molar-refractivity contribution is -0.114. The monoisotopic (exact) mass is 437 g/mol. The lowest BCUT2D eigenvalue weighted by Crippen LogP contribution is -2.37. The van der Waals surface area contributed by atoms with E-state index in [9.17, 15) is 18.0 Å². The zero-order chi connectivity index (χ0) is 21.4. The first-order chi connectivity index (χ1) is 13.7. The van der Waals surface area contributed by atoms with Crippen LogP contribution in [0.4, 0.5) is 11.4 Å². The fourth-order valence-electron chi connectivity index (χ4n) is 2.59. The summed E-state index contributed by atoms with van der Waals surface area (Å²) in [4.78, 5) is 24.9. The van der Waals surface area contributed by atoms with Gasteiger partial charge in [-0.2, -0.15) is 0 Å². The molecule has 0 bridgehead atoms. The van der Waals surface area contributed by atoms with E-state index >= 15 is 0 Å². The fourth-order valence-corrected chi connectivity index (χ4v) is 3.57. The molecule has 0 heterocycles. The van der Waals surface area contributed by atoms with Crippen LogP contribution < -0.4 is 14.9 Å². The van der Waals surface area contributed by atoms with Gasteiger partial charge in [0.15, 0.2) is 0 Å². The summed E-state index contributed by atoms with van der Waals surface area (Å²) in [6.07, 6.45) is 2.82. The number of halogens is 1. The summed E-state index contributed by atoms with van der Waals surface area (Å²) in [5, 5.41) is 5.89. The van der Waals surface area contributed by atoms with Crippen molar-refractivity contribution < 1.29 is 18.0 Å². The van der Waals surface area contributed by atoms with Crippen molar-refractivity contribution in [3.8, 4) is 0 Å². The van der Waals surface area contributed by atoms with Crippen LogP contribution in [0.15, 0.2) is 48.5 Å². The van der Waals surface area contributed by atoms with Gasteiger partial charge in [0.25, 0.3) is 5.91 Å². The van der Waals surface area contributed by atoms with Crippen LogP contribution in [0.2, 0.25) is 5.02 Å². The van der Waals surface area contributed by atoms with Crippen LogP contribution in [0.25, 0.3) is 0 Å². The molecule has 0 unspecified atom stereocenters. The third kappa shape index (κ3) is 6.76. The lowest BCUT2D eigenvalue weighted by atomic mass is 10.1. The predicted octanol–water partition coefficient (Wildman–Crippen LogP) is 3.27. The highest BCUT2D eigenvalue weighted by molar-refractivity contribution is 7.92. The molecule has 0 radical (unpaired) electrons. The molecule has 2 aromatic carbocycles. The zero-order valence-electron chi connectivity index (χ0n) is 16.3. The Kier molecular flexibility index (Phi) is 8.04. The van der Waals surface area contributed by atoms with Gasteiger partial charge in [0.1, 0.15) is 6.54 Å². The van der Waals surface area contributed by atoms with Crippen molar-refractivity contribution in [2.24, 2.45) is 0 Å². The summed E-state index contributed by atoms with van der Waals surface area (Å²) in [6.45, 7) is 2.12. The molecule has 0 aliphatic carbocycles. The van der Waals surface area contributed by atoms with Gasteiger partial charge in [-0.05, 0) is 42.8 Å². The molecule has 0 atom stereocenters. The number of amides is 2. The molecule has 2 N–H and O–H groups in total. The number of hydrogen-bond acceptors (Lipinski definition) is 4. The first kappa shape index (κ1) is 22.7. The van der Waals surface area contributed by atoms with Gasteiger partial charge in [-0.3, -0.25) is 13.9 Å². The molecule has 0 saturated carbocycles. The molecule has 0 spiro atoms. The summed E-state index contributed by atoms with van der Waals surface area (Å²) in [7, 11) is -3.71. The van der Waals surface area contributed by atoms with Gasteiger partial charge in [0.2, 0.25) is 15.9 Å². The number of nitrogens with zero attached hydrogens (tertiary/aromatic N) is 1. The Morgan fingerprint density at radius 2 is 1.72 bits per heavy atom. The topological polar surface area (TPSA) is 95.6 Å². The largest absolute Gasteiger partial charge is 0.352 e. The Morgan fingerprint density at radius 3 is 2.34 bits per heavy atom. The Bertz CT molecular complexity index is 962. The van der Waals surface area contributed by atoms with Crippen molar-refractivity contribution in [2.45, 2.75) is 19.8 Å². The normalized spacial score (nSPS) is 11.0. The molecule has 7 nitrogen and oxygen atoms in total. The van der Waals surface area contributed by atoms with Crippen LogP contribution in [0.5, 0.6) is 0 Å². The predicted molar refractivity (Wildman–Crippen MR) is 116 cm³/mol. The number of rotatable bonds is 9. The highest BCUT2D eigenvalue weighted by Gasteiger charge is 2.22. The smallest absolute Gasteiger partial charge is 0.253 e. The molecular weight excluding hydrogens is 414 g/mol. The maximum atomic E-state index is 12.6. The van der Waals surface area contributed by atoms with E-state index in [4.69, 9.17) is 11.6 Å². The summed E-state index contributed by atoms with van der Waals surface area (Å²) in [5.41, 5.74) is 0.947. The van der Waals surface area contributed by atoms with E-state index in [-0.39, 0.29) is 5.91 Å². The minimum atomic E-state index is -3.71. The summed E-state index contributed by atoms with van der Waals surface area (Å²) in [6, 6.07) is 12.7. The molecule has 9 heteroatoms. The van der Waals surface area contributed by atoms with E-state index in [2.05, 4.69) is 10.6 Å². The van der Waals surface area contributed by atoms with E-state index < -0.39 is 22.5 Å². The number of carbonyl (C=O) groups excluding carboxylic acids is 2. The maximum Gasteiger partial charge on any atom is 0.253 e. The van der Waals surface area contributed by atoms with E-state index in [0.717, 1.165) is 23.4 Å². The second kappa shape index (κ2) is 10.3. The third-order valence-electron chi connectivity index (χ3n) is 4.06. The summed E-state index contributed by atoms with van der Waals surface area (Å²) < 4.78 is 25.3. The maximum absolute atomic E-state index is 12.6. The molecule has 0 fully saturated rings. The average molecular weight is 438 g/mol. The van der Waals surface area contributed by atoms with Crippen molar-refractivity contribution in [1.29, 1.82) is 0 Å². The fraction of sp³-hybridized carbons (Fsp3) is 0.300. The number of anilines is 2. The SMILES string of the molecule is CCCCNC(=O)c1ccccc1NC(=O)CN(c1ccc(Cl)cc1)S(C)(=O)=O. The van der Waals surface area contributed by atoms with Gasteiger partial charge < -0.3 is 10.6 Å². The van der Waals surface area contributed by atoms with E-state index in [1.807, 2.05) is 6.92 Å². The van der Waals surface area contributed by atoms with Crippen molar-refractivity contribution >= 4 is 44.8 Å². The van der Waals surface area contributed by atoms with Crippen LogP contribution in [-0.2, 0) is 14.8 Å². The van der Waals surface area contributed by atoms with E-state index in [1.165, 1.54) is 12.1 Å². The number of unbranched alkanes of at least 4 members (excludes halogenated alkanes) is 1. The van der Waals surface area contributed by atoms with Gasteiger partial charge in [0.05, 0.1) is 23.2 Å². The molecule has 156 valence electrons. The van der Waals surface area contributed by atoms with Crippen LogP contribution in [-0.4, -0.2) is 39.6 Å². The van der Waals surface area contributed by atoms with Gasteiger partial charge in [-0.25, -0.2) is 8.42 Å². The highest BCUT2D eigenvalue weighted by atomic mass is 35.5. The van der Waals surface area contributed by atoms with Crippen molar-refractivity contribution in [2.75, 3.05) is 29.0 Å². The second-order valence-electron chi connectivity index (χ2n) is 6.45. The van der Waals surface area contributed by atoms with Gasteiger partial charge in [-0.1, -0.05) is 37.1 Å². The number of para-hydroxylation sites is 1. The van der Waals surface area contributed by atoms with Crippen LogP contribution in [0.3, 0.4) is 0 Å². The van der Waals surface area contributed by atoms with Gasteiger partial charge in [-0.15, -0.1) is 0 Å². The van der Waals surface area contributed by atoms with Gasteiger partial charge in [0, 0.05) is 11.6 Å². The quantitative estimate of drug-likeness (QED) is 0.588. The molecular formula is C20H24ClN3O4S. The zero-order valence-corrected chi connectivity index (χ0v) is 17.9. The van der Waals surface area contributed by atoms with Crippen LogP contribution >= 0.6 is 11.6 Å². The lowest BCUT2D eigenvalue weighted by Gasteiger charge is -2.22. The molecule has 2 rings (SSSR count). The summed E-state index contributed by atoms with van der Waals surface area (Å²) in [5.74, 6) is -0.869. The number of benzene rings is 2. The highest BCUT2D eigenvalue weighted by Crippen LogP contribution is 2.21. The van der Waals surface area contributed by atoms with Gasteiger partial charge >= 0.3 is 0 Å². The van der Waals surface area contributed by atoms with E-state index in [0.29, 0.717) is 28.5 Å². The first-order valence-corrected chi connectivity index (χ1v) is 11.4. The van der Waals surface area contributed by atoms with Crippen molar-refractivity contribution in [3.63, 3.8) is 0 Å². The Hall–Kier alpha value is -2.58. The average Bonchev–Trinajstić information content (AvgIpc) is 2.66. The number of nitrogens with one attached hydrogen (secondary N) is 2. The molecule has 0 aromatic heterocycles. The molecule has 2 aromatic rings. The molecule has 0 aliphatic rings. The standard InChI is InChI=1S/C20H24ClN3O4S/c1-3-4-13-22-20(26)17-7-5-6-8-18(17)23-19(25)14-24(29(2,27)28)16-11-9-15(21)10-12-16/h5-12H,3-4,13-14H2,1-2H3,(H,22,26)(H,23,25). The summed E-state index contributed by atoms with van der Waals surface area (Å²) >= 11 is 5.85. The molecule has 0 saturated heterocycles. The third-order valence-corrected chi connectivity index (χ3v) is 5.46. The first-order valence-electron chi connectivity index (χ1n) is 9.12. The molecule has 0 aliphatic heterocycles.